The van der Waals surface area contributed by atoms with Crippen molar-refractivity contribution < 1.29 is 16.8 Å². The zero-order valence-corrected chi connectivity index (χ0v) is 15.5. The smallest absolute Gasteiger partial charge is 0.241 e. The summed E-state index contributed by atoms with van der Waals surface area (Å²) < 4.78 is 52.1. The van der Waals surface area contributed by atoms with Gasteiger partial charge in [-0.1, -0.05) is 6.92 Å². The number of hydrogen-bond acceptors (Lipinski definition) is 5. The lowest BCUT2D eigenvalue weighted by molar-refractivity contribution is 0.327. The van der Waals surface area contributed by atoms with Crippen LogP contribution in [0.2, 0.25) is 0 Å². The average Bonchev–Trinajstić information content (AvgIpc) is 2.42. The summed E-state index contributed by atoms with van der Waals surface area (Å²) >= 11 is 0. The molecule has 0 aliphatic carbocycles. The van der Waals surface area contributed by atoms with Crippen LogP contribution in [0, 0.1) is 19.8 Å². The lowest BCUT2D eigenvalue weighted by Gasteiger charge is -2.30. The summed E-state index contributed by atoms with van der Waals surface area (Å²) in [6.07, 6.45) is 1.99. The van der Waals surface area contributed by atoms with Crippen LogP contribution in [0.5, 0.6) is 0 Å². The van der Waals surface area contributed by atoms with Gasteiger partial charge >= 0.3 is 0 Å². The normalized spacial score (nSPS) is 23.0. The Bertz CT molecular complexity index is 801. The van der Waals surface area contributed by atoms with Gasteiger partial charge in [0.05, 0.1) is 9.79 Å². The minimum atomic E-state index is -3.78. The van der Waals surface area contributed by atoms with Crippen LogP contribution in [0.4, 0.5) is 0 Å². The van der Waals surface area contributed by atoms with Crippen LogP contribution in [-0.2, 0) is 19.9 Å². The van der Waals surface area contributed by atoms with E-state index in [4.69, 9.17) is 0 Å². The number of sulfonamides is 1. The van der Waals surface area contributed by atoms with E-state index in [0.717, 1.165) is 19.2 Å². The zero-order chi connectivity index (χ0) is 17.4. The molecule has 1 aromatic carbocycles. The Morgan fingerprint density at radius 3 is 2.30 bits per heavy atom. The number of nitrogens with one attached hydrogen (secondary N) is 2. The van der Waals surface area contributed by atoms with Gasteiger partial charge in [0.25, 0.3) is 0 Å². The molecule has 8 heteroatoms. The van der Waals surface area contributed by atoms with Gasteiger partial charge < -0.3 is 5.32 Å². The Labute approximate surface area is 138 Å². The van der Waals surface area contributed by atoms with Gasteiger partial charge in [-0.3, -0.25) is 0 Å². The van der Waals surface area contributed by atoms with Crippen LogP contribution < -0.4 is 10.0 Å². The van der Waals surface area contributed by atoms with Crippen molar-refractivity contribution in [1.29, 1.82) is 0 Å². The number of piperidine rings is 1. The van der Waals surface area contributed by atoms with E-state index in [-0.39, 0.29) is 27.3 Å². The quantitative estimate of drug-likeness (QED) is 0.835. The molecular weight excluding hydrogens is 336 g/mol. The van der Waals surface area contributed by atoms with Gasteiger partial charge in [-0.05, 0) is 56.0 Å². The van der Waals surface area contributed by atoms with Crippen LogP contribution in [-0.4, -0.2) is 42.2 Å². The molecule has 1 fully saturated rings. The molecule has 6 nitrogen and oxygen atoms in total. The van der Waals surface area contributed by atoms with E-state index in [1.165, 1.54) is 19.1 Å². The van der Waals surface area contributed by atoms with Crippen molar-refractivity contribution in [3.8, 4) is 0 Å². The van der Waals surface area contributed by atoms with Gasteiger partial charge in [-0.25, -0.2) is 21.6 Å². The van der Waals surface area contributed by atoms with Crippen molar-refractivity contribution >= 4 is 19.9 Å². The van der Waals surface area contributed by atoms with E-state index >= 15 is 0 Å². The fourth-order valence-corrected chi connectivity index (χ4v) is 5.69. The first-order valence-corrected chi connectivity index (χ1v) is 10.9. The second kappa shape index (κ2) is 6.51. The Kier molecular flexibility index (Phi) is 5.20. The highest BCUT2D eigenvalue weighted by Gasteiger charge is 2.29. The highest BCUT2D eigenvalue weighted by Crippen LogP contribution is 2.26. The number of benzene rings is 1. The number of rotatable bonds is 4. The van der Waals surface area contributed by atoms with Crippen molar-refractivity contribution in [2.45, 2.75) is 43.0 Å². The first-order valence-electron chi connectivity index (χ1n) is 7.56. The van der Waals surface area contributed by atoms with E-state index in [1.807, 2.05) is 6.92 Å². The molecule has 2 unspecified atom stereocenters. The molecule has 1 aliphatic rings. The van der Waals surface area contributed by atoms with Crippen molar-refractivity contribution in [2.24, 2.45) is 5.92 Å². The van der Waals surface area contributed by atoms with E-state index in [9.17, 15) is 16.8 Å². The van der Waals surface area contributed by atoms with Crippen LogP contribution >= 0.6 is 0 Å². The first-order chi connectivity index (χ1) is 10.5. The Morgan fingerprint density at radius 1 is 1.13 bits per heavy atom. The lowest BCUT2D eigenvalue weighted by Crippen LogP contribution is -2.50. The molecule has 2 rings (SSSR count). The predicted octanol–water partition coefficient (Wildman–Crippen LogP) is 0.983. The average molecular weight is 361 g/mol. The third-order valence-corrected chi connectivity index (χ3v) is 7.12. The number of hydrogen-bond donors (Lipinski definition) is 2. The molecule has 23 heavy (non-hydrogen) atoms. The van der Waals surface area contributed by atoms with E-state index < -0.39 is 19.9 Å². The predicted molar refractivity (Wildman–Crippen MR) is 89.8 cm³/mol. The fraction of sp³-hybridized carbons (Fsp3) is 0.600. The van der Waals surface area contributed by atoms with Crippen LogP contribution in [0.15, 0.2) is 21.9 Å². The lowest BCUT2D eigenvalue weighted by atomic mass is 9.96. The molecule has 0 bridgehead atoms. The molecular formula is C15H24N2O4S2. The van der Waals surface area contributed by atoms with Crippen molar-refractivity contribution in [3.05, 3.63) is 23.3 Å². The molecule has 0 aromatic heterocycles. The molecule has 0 radical (unpaired) electrons. The minimum Gasteiger partial charge on any atom is -0.315 e. The van der Waals surface area contributed by atoms with E-state index in [1.54, 1.807) is 6.92 Å². The second-order valence-corrected chi connectivity index (χ2v) is 10.0. The van der Waals surface area contributed by atoms with Crippen LogP contribution in [0.3, 0.4) is 0 Å². The monoisotopic (exact) mass is 360 g/mol. The molecule has 130 valence electrons. The third-order valence-electron chi connectivity index (χ3n) is 4.28. The van der Waals surface area contributed by atoms with Gasteiger partial charge in [0.1, 0.15) is 0 Å². The standard InChI is InChI=1S/C15H24N2O4S2/c1-10-7-14(22(4,18)19)12(3)15(8-10)23(20,21)17-13-9-16-6-5-11(13)2/h7-8,11,13,16-17H,5-6,9H2,1-4H3. The molecule has 1 heterocycles. The second-order valence-electron chi connectivity index (χ2n) is 6.36. The van der Waals surface area contributed by atoms with Gasteiger partial charge in [-0.15, -0.1) is 0 Å². The van der Waals surface area contributed by atoms with Gasteiger partial charge in [-0.2, -0.15) is 0 Å². The number of sulfone groups is 1. The maximum atomic E-state index is 12.8. The van der Waals surface area contributed by atoms with Gasteiger partial charge in [0.15, 0.2) is 9.84 Å². The van der Waals surface area contributed by atoms with Crippen molar-refractivity contribution in [3.63, 3.8) is 0 Å². The van der Waals surface area contributed by atoms with Crippen LogP contribution in [0.1, 0.15) is 24.5 Å². The zero-order valence-electron chi connectivity index (χ0n) is 13.9. The summed E-state index contributed by atoms with van der Waals surface area (Å²) in [7, 11) is -7.27. The molecule has 1 aliphatic heterocycles. The van der Waals surface area contributed by atoms with Crippen molar-refractivity contribution in [1.82, 2.24) is 10.0 Å². The maximum absolute atomic E-state index is 12.8. The SMILES string of the molecule is Cc1cc(S(C)(=O)=O)c(C)c(S(=O)(=O)NC2CNCCC2C)c1. The topological polar surface area (TPSA) is 92.3 Å². The summed E-state index contributed by atoms with van der Waals surface area (Å²) in [6.45, 7) is 6.69. The summed E-state index contributed by atoms with van der Waals surface area (Å²) in [4.78, 5) is 0.100. The van der Waals surface area contributed by atoms with E-state index in [0.29, 0.717) is 12.1 Å². The number of aryl methyl sites for hydroxylation is 1. The van der Waals surface area contributed by atoms with Crippen LogP contribution in [0.25, 0.3) is 0 Å². The highest BCUT2D eigenvalue weighted by molar-refractivity contribution is 7.91. The van der Waals surface area contributed by atoms with Gasteiger partial charge in [0.2, 0.25) is 10.0 Å². The Hall–Kier alpha value is -0.960. The molecule has 1 saturated heterocycles. The molecule has 0 spiro atoms. The summed E-state index contributed by atoms with van der Waals surface area (Å²) in [6, 6.07) is 2.83. The largest absolute Gasteiger partial charge is 0.315 e. The first kappa shape index (κ1) is 18.4. The molecule has 0 saturated carbocycles. The molecule has 0 amide bonds. The Balaban J connectivity index is 2.46. The molecule has 2 N–H and O–H groups in total. The molecule has 2 atom stereocenters. The van der Waals surface area contributed by atoms with E-state index in [2.05, 4.69) is 10.0 Å². The third kappa shape index (κ3) is 4.12. The molecule has 1 aromatic rings. The highest BCUT2D eigenvalue weighted by atomic mass is 32.2. The minimum absolute atomic E-state index is 0.0377. The maximum Gasteiger partial charge on any atom is 0.241 e. The summed E-state index contributed by atoms with van der Waals surface area (Å²) in [5.41, 5.74) is 0.869. The fourth-order valence-electron chi connectivity index (χ4n) is 2.87. The van der Waals surface area contributed by atoms with Gasteiger partial charge in [0, 0.05) is 18.8 Å². The summed E-state index contributed by atoms with van der Waals surface area (Å²) in [5, 5.41) is 3.18. The Morgan fingerprint density at radius 2 is 1.74 bits per heavy atom. The van der Waals surface area contributed by atoms with Crippen molar-refractivity contribution in [2.75, 3.05) is 19.3 Å². The summed E-state index contributed by atoms with van der Waals surface area (Å²) in [5.74, 6) is 0.227.